The van der Waals surface area contributed by atoms with Gasteiger partial charge in [-0.25, -0.2) is 0 Å². The zero-order chi connectivity index (χ0) is 13.8. The number of halogens is 3. The summed E-state index contributed by atoms with van der Waals surface area (Å²) < 4.78 is 5.57. The number of carbonyl (C=O) groups excluding carboxylic acids is 1. The Morgan fingerprint density at radius 2 is 1.79 bits per heavy atom. The molecular weight excluding hydrogens is 307 g/mol. The monoisotopic (exact) mass is 314 g/mol. The van der Waals surface area contributed by atoms with Gasteiger partial charge in [-0.05, 0) is 29.8 Å². The van der Waals surface area contributed by atoms with E-state index in [1.54, 1.807) is 36.4 Å². The normalized spacial score (nSPS) is 10.3. The minimum Gasteiger partial charge on any atom is -0.487 e. The Kier molecular flexibility index (Phi) is 4.70. The molecule has 98 valence electrons. The van der Waals surface area contributed by atoms with Gasteiger partial charge in [0.1, 0.15) is 12.4 Å². The van der Waals surface area contributed by atoms with Crippen molar-refractivity contribution in [1.29, 1.82) is 0 Å². The number of ether oxygens (including phenoxy) is 1. The third-order valence-corrected chi connectivity index (χ3v) is 3.53. The van der Waals surface area contributed by atoms with Gasteiger partial charge in [0.15, 0.2) is 6.29 Å². The van der Waals surface area contributed by atoms with E-state index >= 15 is 0 Å². The summed E-state index contributed by atoms with van der Waals surface area (Å²) in [6.45, 7) is 0.251. The van der Waals surface area contributed by atoms with Gasteiger partial charge in [0.25, 0.3) is 0 Å². The molecule has 0 spiro atoms. The maximum absolute atomic E-state index is 10.9. The van der Waals surface area contributed by atoms with Gasteiger partial charge in [-0.1, -0.05) is 46.9 Å². The van der Waals surface area contributed by atoms with Crippen molar-refractivity contribution < 1.29 is 9.53 Å². The number of benzene rings is 2. The van der Waals surface area contributed by atoms with Crippen molar-refractivity contribution in [3.63, 3.8) is 0 Å². The van der Waals surface area contributed by atoms with Crippen LogP contribution in [-0.2, 0) is 6.61 Å². The number of carbonyl (C=O) groups is 1. The van der Waals surface area contributed by atoms with Crippen molar-refractivity contribution in [2.75, 3.05) is 0 Å². The lowest BCUT2D eigenvalue weighted by Crippen LogP contribution is -1.99. The van der Waals surface area contributed by atoms with Crippen LogP contribution in [0.3, 0.4) is 0 Å². The third-order valence-electron chi connectivity index (χ3n) is 2.49. The third kappa shape index (κ3) is 3.41. The van der Waals surface area contributed by atoms with Crippen LogP contribution in [0.4, 0.5) is 0 Å². The Balaban J connectivity index is 2.18. The van der Waals surface area contributed by atoms with Crippen molar-refractivity contribution in [2.24, 2.45) is 0 Å². The minimum atomic E-state index is 0.251. The Hall–Kier alpha value is -1.22. The number of hydrogen-bond donors (Lipinski definition) is 0. The molecule has 2 aromatic rings. The van der Waals surface area contributed by atoms with E-state index in [0.29, 0.717) is 32.7 Å². The lowest BCUT2D eigenvalue weighted by molar-refractivity contribution is 0.111. The Labute approximate surface area is 125 Å². The summed E-state index contributed by atoms with van der Waals surface area (Å²) in [6.07, 6.45) is 0.704. The summed E-state index contributed by atoms with van der Waals surface area (Å²) in [5, 5.41) is 1.33. The molecule has 0 heterocycles. The van der Waals surface area contributed by atoms with Gasteiger partial charge in [0.05, 0.1) is 20.6 Å². The Morgan fingerprint density at radius 3 is 2.47 bits per heavy atom. The molecular formula is C14H9Cl3O2. The number of aldehydes is 1. The molecule has 0 aromatic heterocycles. The molecule has 19 heavy (non-hydrogen) atoms. The van der Waals surface area contributed by atoms with Crippen molar-refractivity contribution in [2.45, 2.75) is 6.61 Å². The summed E-state index contributed by atoms with van der Waals surface area (Å²) in [4.78, 5) is 10.9. The summed E-state index contributed by atoms with van der Waals surface area (Å²) in [5.74, 6) is 0.366. The molecule has 0 bridgehead atoms. The molecule has 0 aliphatic rings. The maximum Gasteiger partial charge on any atom is 0.153 e. The standard InChI is InChI=1S/C14H9Cl3O2/c15-11-5-4-9(6-13(11)17)8-19-14-10(7-18)2-1-3-12(14)16/h1-7H,8H2. The summed E-state index contributed by atoms with van der Waals surface area (Å²) in [7, 11) is 0. The molecule has 0 saturated heterocycles. The SMILES string of the molecule is O=Cc1cccc(Cl)c1OCc1ccc(Cl)c(Cl)c1. The van der Waals surface area contributed by atoms with E-state index in [4.69, 9.17) is 39.5 Å². The fraction of sp³-hybridized carbons (Fsp3) is 0.0714. The van der Waals surface area contributed by atoms with Crippen LogP contribution in [0.25, 0.3) is 0 Å². The summed E-state index contributed by atoms with van der Waals surface area (Å²) >= 11 is 17.7. The topological polar surface area (TPSA) is 26.3 Å². The zero-order valence-corrected chi connectivity index (χ0v) is 12.0. The van der Waals surface area contributed by atoms with Crippen LogP contribution in [0.5, 0.6) is 5.75 Å². The van der Waals surface area contributed by atoms with E-state index in [0.717, 1.165) is 5.56 Å². The van der Waals surface area contributed by atoms with Crippen molar-refractivity contribution >= 4 is 41.1 Å². The lowest BCUT2D eigenvalue weighted by Gasteiger charge is -2.10. The van der Waals surface area contributed by atoms with Crippen LogP contribution in [-0.4, -0.2) is 6.29 Å². The average Bonchev–Trinajstić information content (AvgIpc) is 2.41. The molecule has 0 radical (unpaired) electrons. The first-order valence-electron chi connectivity index (χ1n) is 5.42. The second-order valence-electron chi connectivity index (χ2n) is 3.81. The van der Waals surface area contributed by atoms with Gasteiger partial charge in [-0.2, -0.15) is 0 Å². The van der Waals surface area contributed by atoms with Gasteiger partial charge < -0.3 is 4.74 Å². The number of hydrogen-bond acceptors (Lipinski definition) is 2. The highest BCUT2D eigenvalue weighted by atomic mass is 35.5. The maximum atomic E-state index is 10.9. The highest BCUT2D eigenvalue weighted by Crippen LogP contribution is 2.29. The smallest absolute Gasteiger partial charge is 0.153 e. The highest BCUT2D eigenvalue weighted by molar-refractivity contribution is 6.42. The molecule has 0 fully saturated rings. The van der Waals surface area contributed by atoms with Gasteiger partial charge in [-0.3, -0.25) is 4.79 Å². The molecule has 2 nitrogen and oxygen atoms in total. The van der Waals surface area contributed by atoms with E-state index in [2.05, 4.69) is 0 Å². The van der Waals surface area contributed by atoms with Gasteiger partial charge in [-0.15, -0.1) is 0 Å². The van der Waals surface area contributed by atoms with Gasteiger partial charge >= 0.3 is 0 Å². The molecule has 2 rings (SSSR count). The average molecular weight is 316 g/mol. The molecule has 0 N–H and O–H groups in total. The summed E-state index contributed by atoms with van der Waals surface area (Å²) in [6, 6.07) is 10.2. The van der Waals surface area contributed by atoms with E-state index < -0.39 is 0 Å². The highest BCUT2D eigenvalue weighted by Gasteiger charge is 2.08. The Bertz CT molecular complexity index is 612. The first-order valence-corrected chi connectivity index (χ1v) is 6.55. The Morgan fingerprint density at radius 1 is 1.00 bits per heavy atom. The molecule has 5 heteroatoms. The van der Waals surface area contributed by atoms with Crippen LogP contribution >= 0.6 is 34.8 Å². The second-order valence-corrected chi connectivity index (χ2v) is 5.03. The number of para-hydroxylation sites is 1. The lowest BCUT2D eigenvalue weighted by atomic mass is 10.2. The van der Waals surface area contributed by atoms with E-state index in [-0.39, 0.29) is 6.61 Å². The van der Waals surface area contributed by atoms with Crippen molar-refractivity contribution in [3.8, 4) is 5.75 Å². The van der Waals surface area contributed by atoms with Crippen LogP contribution in [0.2, 0.25) is 15.1 Å². The predicted octanol–water partition coefficient (Wildman–Crippen LogP) is 5.04. The molecule has 0 atom stereocenters. The fourth-order valence-electron chi connectivity index (χ4n) is 1.56. The van der Waals surface area contributed by atoms with Crippen LogP contribution < -0.4 is 4.74 Å². The minimum absolute atomic E-state index is 0.251. The number of rotatable bonds is 4. The van der Waals surface area contributed by atoms with Gasteiger partial charge in [0.2, 0.25) is 0 Å². The molecule has 0 aliphatic heterocycles. The predicted molar refractivity (Wildman–Crippen MR) is 77.6 cm³/mol. The second kappa shape index (κ2) is 6.29. The van der Waals surface area contributed by atoms with Crippen molar-refractivity contribution in [3.05, 3.63) is 62.6 Å². The fourth-order valence-corrected chi connectivity index (χ4v) is 2.11. The molecule has 0 amide bonds. The summed E-state index contributed by atoms with van der Waals surface area (Å²) in [5.41, 5.74) is 1.25. The first-order chi connectivity index (χ1) is 9.11. The largest absolute Gasteiger partial charge is 0.487 e. The van der Waals surface area contributed by atoms with Crippen LogP contribution in [0, 0.1) is 0 Å². The van der Waals surface area contributed by atoms with Crippen LogP contribution in [0.1, 0.15) is 15.9 Å². The molecule has 0 unspecified atom stereocenters. The first kappa shape index (κ1) is 14.2. The van der Waals surface area contributed by atoms with E-state index in [1.807, 2.05) is 0 Å². The molecule has 0 aliphatic carbocycles. The molecule has 2 aromatic carbocycles. The quantitative estimate of drug-likeness (QED) is 0.739. The zero-order valence-electron chi connectivity index (χ0n) is 9.70. The van der Waals surface area contributed by atoms with E-state index in [1.165, 1.54) is 0 Å². The van der Waals surface area contributed by atoms with Crippen LogP contribution in [0.15, 0.2) is 36.4 Å². The van der Waals surface area contributed by atoms with Crippen molar-refractivity contribution in [1.82, 2.24) is 0 Å². The van der Waals surface area contributed by atoms with Gasteiger partial charge in [0, 0.05) is 0 Å². The molecule has 0 saturated carbocycles. The van der Waals surface area contributed by atoms with E-state index in [9.17, 15) is 4.79 Å².